The van der Waals surface area contributed by atoms with Gasteiger partial charge in [0.15, 0.2) is 0 Å². The number of amides is 1. The third kappa shape index (κ3) is 3.01. The van der Waals surface area contributed by atoms with Crippen molar-refractivity contribution in [1.82, 2.24) is 25.5 Å². The number of rotatable bonds is 4. The molecule has 124 valence electrons. The second-order valence-corrected chi connectivity index (χ2v) is 5.92. The number of hydrogen-bond donors (Lipinski definition) is 3. The number of carbonyl (C=O) groups is 1. The van der Waals surface area contributed by atoms with Crippen molar-refractivity contribution in [1.29, 1.82) is 0 Å². The Hall–Kier alpha value is -3.41. The molecule has 4 rings (SSSR count). The molecule has 0 spiro atoms. The van der Waals surface area contributed by atoms with E-state index in [9.17, 15) is 4.79 Å². The van der Waals surface area contributed by atoms with Crippen LogP contribution in [0, 0.1) is 0 Å². The van der Waals surface area contributed by atoms with E-state index in [0.29, 0.717) is 11.4 Å². The van der Waals surface area contributed by atoms with Gasteiger partial charge in [-0.3, -0.25) is 14.9 Å². The Morgan fingerprint density at radius 2 is 1.96 bits per heavy atom. The quantitative estimate of drug-likeness (QED) is 0.535. The van der Waals surface area contributed by atoms with Crippen LogP contribution in [-0.2, 0) is 0 Å². The number of carbonyl (C=O) groups excluding carboxylic acids is 1. The van der Waals surface area contributed by atoms with Crippen molar-refractivity contribution in [2.24, 2.45) is 0 Å². The van der Waals surface area contributed by atoms with Crippen LogP contribution in [0.15, 0.2) is 61.1 Å². The molecule has 0 aliphatic heterocycles. The minimum Gasteiger partial charge on any atom is -0.361 e. The van der Waals surface area contributed by atoms with Crippen LogP contribution in [0.4, 0.5) is 0 Å². The van der Waals surface area contributed by atoms with E-state index < -0.39 is 0 Å². The number of nitrogens with zero attached hydrogens (tertiary/aromatic N) is 2. The molecule has 4 aromatic rings. The first-order valence-corrected chi connectivity index (χ1v) is 8.04. The van der Waals surface area contributed by atoms with Gasteiger partial charge in [-0.05, 0) is 54.3 Å². The van der Waals surface area contributed by atoms with Crippen molar-refractivity contribution in [2.45, 2.75) is 13.0 Å². The number of nitrogens with one attached hydrogen (secondary N) is 3. The summed E-state index contributed by atoms with van der Waals surface area (Å²) >= 11 is 0. The van der Waals surface area contributed by atoms with Gasteiger partial charge in [0, 0.05) is 29.7 Å². The predicted octanol–water partition coefficient (Wildman–Crippen LogP) is 3.44. The molecule has 3 heterocycles. The Labute approximate surface area is 144 Å². The highest BCUT2D eigenvalue weighted by atomic mass is 16.2. The first kappa shape index (κ1) is 15.1. The van der Waals surface area contributed by atoms with Crippen LogP contribution in [0.25, 0.3) is 22.2 Å². The van der Waals surface area contributed by atoms with Gasteiger partial charge in [-0.1, -0.05) is 6.07 Å². The average Bonchev–Trinajstić information content (AvgIpc) is 3.31. The summed E-state index contributed by atoms with van der Waals surface area (Å²) in [5.74, 6) is -0.186. The van der Waals surface area contributed by atoms with E-state index in [1.807, 2.05) is 43.5 Å². The maximum absolute atomic E-state index is 12.5. The van der Waals surface area contributed by atoms with Crippen LogP contribution in [0.5, 0.6) is 0 Å². The first-order chi connectivity index (χ1) is 12.2. The van der Waals surface area contributed by atoms with E-state index in [2.05, 4.69) is 31.5 Å². The van der Waals surface area contributed by atoms with Gasteiger partial charge in [0.2, 0.25) is 0 Å². The van der Waals surface area contributed by atoms with Crippen molar-refractivity contribution >= 4 is 16.8 Å². The van der Waals surface area contributed by atoms with Crippen molar-refractivity contribution in [3.05, 3.63) is 72.3 Å². The van der Waals surface area contributed by atoms with E-state index in [4.69, 9.17) is 0 Å². The number of fused-ring (bicyclic) bond motifs is 1. The standard InChI is InChI=1S/C19H17N5O/c1-12(14-2-3-16-15(10-14)6-9-21-16)22-19(25)18-11-17(23-24-18)13-4-7-20-8-5-13/h2-12,21H,1H3,(H,22,25)(H,23,24)/t12-/m0/s1. The van der Waals surface area contributed by atoms with Crippen LogP contribution in [-0.4, -0.2) is 26.1 Å². The molecule has 3 N–H and O–H groups in total. The van der Waals surface area contributed by atoms with E-state index in [1.165, 1.54) is 0 Å². The number of aromatic amines is 2. The smallest absolute Gasteiger partial charge is 0.269 e. The van der Waals surface area contributed by atoms with Gasteiger partial charge in [0.05, 0.1) is 11.7 Å². The molecule has 3 aromatic heterocycles. The van der Waals surface area contributed by atoms with Crippen LogP contribution < -0.4 is 5.32 Å². The van der Waals surface area contributed by atoms with Gasteiger partial charge < -0.3 is 10.3 Å². The third-order valence-corrected chi connectivity index (χ3v) is 4.22. The molecule has 1 aromatic carbocycles. The molecule has 1 amide bonds. The molecule has 0 saturated carbocycles. The first-order valence-electron chi connectivity index (χ1n) is 8.04. The van der Waals surface area contributed by atoms with Gasteiger partial charge in [-0.25, -0.2) is 0 Å². The Morgan fingerprint density at radius 1 is 1.12 bits per heavy atom. The second-order valence-electron chi connectivity index (χ2n) is 5.92. The van der Waals surface area contributed by atoms with E-state index in [-0.39, 0.29) is 11.9 Å². The molecule has 0 radical (unpaired) electrons. The lowest BCUT2D eigenvalue weighted by atomic mass is 10.1. The number of pyridine rings is 1. The summed E-state index contributed by atoms with van der Waals surface area (Å²) in [6, 6.07) is 13.5. The van der Waals surface area contributed by atoms with Crippen LogP contribution >= 0.6 is 0 Å². The molecular formula is C19H17N5O. The molecule has 6 nitrogen and oxygen atoms in total. The number of H-pyrrole nitrogens is 2. The van der Waals surface area contributed by atoms with Crippen LogP contribution in [0.1, 0.15) is 29.0 Å². The Kier molecular flexibility index (Phi) is 3.78. The highest BCUT2D eigenvalue weighted by Gasteiger charge is 2.15. The van der Waals surface area contributed by atoms with E-state index >= 15 is 0 Å². The highest BCUT2D eigenvalue weighted by Crippen LogP contribution is 2.20. The van der Waals surface area contributed by atoms with Gasteiger partial charge in [0.25, 0.3) is 5.91 Å². The fourth-order valence-corrected chi connectivity index (χ4v) is 2.81. The average molecular weight is 331 g/mol. The zero-order valence-electron chi connectivity index (χ0n) is 13.7. The highest BCUT2D eigenvalue weighted by molar-refractivity contribution is 5.93. The maximum atomic E-state index is 12.5. The van der Waals surface area contributed by atoms with Crippen molar-refractivity contribution in [2.75, 3.05) is 0 Å². The number of benzene rings is 1. The Morgan fingerprint density at radius 3 is 2.80 bits per heavy atom. The number of hydrogen-bond acceptors (Lipinski definition) is 3. The summed E-state index contributed by atoms with van der Waals surface area (Å²) in [6.07, 6.45) is 5.30. The molecule has 0 aliphatic rings. The fraction of sp³-hybridized carbons (Fsp3) is 0.105. The summed E-state index contributed by atoms with van der Waals surface area (Å²) in [6.45, 7) is 1.96. The summed E-state index contributed by atoms with van der Waals surface area (Å²) < 4.78 is 0. The Balaban J connectivity index is 1.50. The lowest BCUT2D eigenvalue weighted by Crippen LogP contribution is -2.26. The largest absolute Gasteiger partial charge is 0.361 e. The SMILES string of the molecule is C[C@H](NC(=O)c1cc(-c2ccncc2)n[nH]1)c1ccc2[nH]ccc2c1. The summed E-state index contributed by atoms with van der Waals surface area (Å²) in [5, 5.41) is 11.1. The molecule has 1 atom stereocenters. The monoisotopic (exact) mass is 331 g/mol. The zero-order chi connectivity index (χ0) is 17.2. The molecule has 0 saturated heterocycles. The molecule has 6 heteroatoms. The molecule has 0 fully saturated rings. The van der Waals surface area contributed by atoms with E-state index in [1.54, 1.807) is 18.5 Å². The third-order valence-electron chi connectivity index (χ3n) is 4.22. The van der Waals surface area contributed by atoms with Gasteiger partial charge in [0.1, 0.15) is 5.69 Å². The molecule has 25 heavy (non-hydrogen) atoms. The zero-order valence-corrected chi connectivity index (χ0v) is 13.7. The molecule has 0 aliphatic carbocycles. The van der Waals surface area contributed by atoms with Crippen molar-refractivity contribution < 1.29 is 4.79 Å². The van der Waals surface area contributed by atoms with Crippen LogP contribution in [0.2, 0.25) is 0 Å². The minimum atomic E-state index is -0.186. The summed E-state index contributed by atoms with van der Waals surface area (Å²) in [7, 11) is 0. The molecule has 0 bridgehead atoms. The van der Waals surface area contributed by atoms with Crippen molar-refractivity contribution in [3.8, 4) is 11.3 Å². The van der Waals surface area contributed by atoms with Gasteiger partial charge >= 0.3 is 0 Å². The predicted molar refractivity (Wildman–Crippen MR) is 96.0 cm³/mol. The molecular weight excluding hydrogens is 314 g/mol. The number of aromatic nitrogens is 4. The normalized spacial score (nSPS) is 12.2. The molecule has 0 unspecified atom stereocenters. The topological polar surface area (TPSA) is 86.5 Å². The van der Waals surface area contributed by atoms with Gasteiger partial charge in [-0.2, -0.15) is 5.10 Å². The minimum absolute atomic E-state index is 0.112. The summed E-state index contributed by atoms with van der Waals surface area (Å²) in [4.78, 5) is 19.6. The van der Waals surface area contributed by atoms with Gasteiger partial charge in [-0.15, -0.1) is 0 Å². The summed E-state index contributed by atoms with van der Waals surface area (Å²) in [5.41, 5.74) is 4.19. The van der Waals surface area contributed by atoms with E-state index in [0.717, 1.165) is 22.0 Å². The second kappa shape index (κ2) is 6.24. The lowest BCUT2D eigenvalue weighted by Gasteiger charge is -2.13. The van der Waals surface area contributed by atoms with Crippen molar-refractivity contribution in [3.63, 3.8) is 0 Å². The fourth-order valence-electron chi connectivity index (χ4n) is 2.81. The lowest BCUT2D eigenvalue weighted by molar-refractivity contribution is 0.0935. The Bertz CT molecular complexity index is 1020. The maximum Gasteiger partial charge on any atom is 0.269 e. The van der Waals surface area contributed by atoms with Crippen LogP contribution in [0.3, 0.4) is 0 Å².